The molecule has 3 atom stereocenters. The van der Waals surface area contributed by atoms with Crippen LogP contribution in [-0.2, 0) is 9.59 Å². The number of nitrogens with one attached hydrogen (secondary N) is 2. The molecule has 2 amide bonds. The van der Waals surface area contributed by atoms with E-state index in [1.165, 1.54) is 6.42 Å². The highest BCUT2D eigenvalue weighted by atomic mass is 16.5. The van der Waals surface area contributed by atoms with Crippen molar-refractivity contribution in [1.29, 1.82) is 0 Å². The van der Waals surface area contributed by atoms with Crippen molar-refractivity contribution in [3.63, 3.8) is 0 Å². The molecule has 1 saturated heterocycles. The lowest BCUT2D eigenvalue weighted by Crippen LogP contribution is -2.47. The number of hydrogen-bond acceptors (Lipinski definition) is 5. The summed E-state index contributed by atoms with van der Waals surface area (Å²) < 4.78 is 5.38. The van der Waals surface area contributed by atoms with E-state index in [2.05, 4.69) is 34.4 Å². The molecule has 1 aromatic carbocycles. The first kappa shape index (κ1) is 19.2. The Kier molecular flexibility index (Phi) is 5.98. The van der Waals surface area contributed by atoms with E-state index in [1.54, 1.807) is 24.3 Å². The number of hydrogen-bond donors (Lipinski definition) is 2. The average molecular weight is 372 g/mol. The molecule has 3 rings (SSSR count). The molecule has 27 heavy (non-hydrogen) atoms. The summed E-state index contributed by atoms with van der Waals surface area (Å²) in [7, 11) is 0. The third-order valence-electron chi connectivity index (χ3n) is 4.81. The molecular weight excluding hydrogens is 344 g/mol. The Morgan fingerprint density at radius 3 is 2.56 bits per heavy atom. The molecular formula is C20H28N4O3. The van der Waals surface area contributed by atoms with Gasteiger partial charge < -0.3 is 15.0 Å². The van der Waals surface area contributed by atoms with Crippen LogP contribution in [0, 0.1) is 11.8 Å². The first-order valence-electron chi connectivity index (χ1n) is 9.61. The molecule has 0 aliphatic carbocycles. The summed E-state index contributed by atoms with van der Waals surface area (Å²) in [6, 6.07) is 6.49. The van der Waals surface area contributed by atoms with E-state index in [1.807, 2.05) is 6.92 Å². The van der Waals surface area contributed by atoms with Crippen LogP contribution in [0.5, 0.6) is 5.75 Å². The van der Waals surface area contributed by atoms with Gasteiger partial charge in [-0.25, -0.2) is 4.99 Å². The number of piperidine rings is 1. The summed E-state index contributed by atoms with van der Waals surface area (Å²) in [5.74, 6) is 2.05. The summed E-state index contributed by atoms with van der Waals surface area (Å²) in [6.45, 7) is 8.70. The second kappa shape index (κ2) is 8.41. The molecule has 1 fully saturated rings. The standard InChI is InChI=1S/C20H28N4O3/c1-4-27-16-7-5-15(6-8-16)21-18(25)10-17-19(26)23-20(22-17)24-11-13(2)9-14(3)12-24/h5-8,13-14,17H,4,9-12H2,1-3H3,(H,21,25)(H,22,23,26). The molecule has 0 saturated carbocycles. The Hall–Kier alpha value is -2.57. The summed E-state index contributed by atoms with van der Waals surface area (Å²) in [5, 5.41) is 5.66. The molecule has 3 unspecified atom stereocenters. The minimum Gasteiger partial charge on any atom is -0.494 e. The van der Waals surface area contributed by atoms with Crippen molar-refractivity contribution < 1.29 is 14.3 Å². The van der Waals surface area contributed by atoms with Crippen molar-refractivity contribution in [2.45, 2.75) is 39.7 Å². The number of guanidine groups is 1. The van der Waals surface area contributed by atoms with Gasteiger partial charge >= 0.3 is 0 Å². The van der Waals surface area contributed by atoms with Crippen LogP contribution in [0.4, 0.5) is 5.69 Å². The van der Waals surface area contributed by atoms with Gasteiger partial charge in [-0.1, -0.05) is 13.8 Å². The lowest BCUT2D eigenvalue weighted by Gasteiger charge is -2.35. The van der Waals surface area contributed by atoms with Crippen molar-refractivity contribution >= 4 is 23.5 Å². The molecule has 0 aromatic heterocycles. The quantitative estimate of drug-likeness (QED) is 0.830. The molecule has 0 bridgehead atoms. The molecule has 2 aliphatic heterocycles. The number of nitrogens with zero attached hydrogens (tertiary/aromatic N) is 2. The predicted octanol–water partition coefficient (Wildman–Crippen LogP) is 2.25. The lowest BCUT2D eigenvalue weighted by atomic mass is 9.92. The second-order valence-electron chi connectivity index (χ2n) is 7.52. The minimum atomic E-state index is -0.671. The van der Waals surface area contributed by atoms with Crippen LogP contribution in [0.15, 0.2) is 29.3 Å². The zero-order valence-corrected chi connectivity index (χ0v) is 16.2. The van der Waals surface area contributed by atoms with Gasteiger partial charge in [0.15, 0.2) is 0 Å². The number of benzene rings is 1. The van der Waals surface area contributed by atoms with Crippen LogP contribution < -0.4 is 15.4 Å². The largest absolute Gasteiger partial charge is 0.494 e. The molecule has 0 spiro atoms. The maximum absolute atomic E-state index is 12.3. The van der Waals surface area contributed by atoms with Crippen LogP contribution in [0.1, 0.15) is 33.6 Å². The zero-order valence-electron chi connectivity index (χ0n) is 16.2. The normalized spacial score (nSPS) is 25.0. The van der Waals surface area contributed by atoms with Gasteiger partial charge in [0.2, 0.25) is 11.9 Å². The van der Waals surface area contributed by atoms with Crippen molar-refractivity contribution in [3.8, 4) is 5.75 Å². The maximum Gasteiger partial charge on any atom is 0.252 e. The third-order valence-corrected chi connectivity index (χ3v) is 4.81. The van der Waals surface area contributed by atoms with E-state index in [0.29, 0.717) is 30.1 Å². The highest BCUT2D eigenvalue weighted by molar-refractivity contribution is 6.07. The number of carbonyl (C=O) groups is 2. The van der Waals surface area contributed by atoms with Gasteiger partial charge in [-0.2, -0.15) is 0 Å². The number of likely N-dealkylation sites (tertiary alicyclic amines) is 1. The van der Waals surface area contributed by atoms with E-state index in [0.717, 1.165) is 18.8 Å². The van der Waals surface area contributed by atoms with Crippen LogP contribution in [0.25, 0.3) is 0 Å². The van der Waals surface area contributed by atoms with Gasteiger partial charge in [0, 0.05) is 18.8 Å². The van der Waals surface area contributed by atoms with Gasteiger partial charge in [-0.3, -0.25) is 14.9 Å². The minimum absolute atomic E-state index is 0.0293. The van der Waals surface area contributed by atoms with Gasteiger partial charge in [0.05, 0.1) is 13.0 Å². The van der Waals surface area contributed by atoms with Crippen LogP contribution in [0.3, 0.4) is 0 Å². The molecule has 146 valence electrons. The Bertz CT molecular complexity index is 706. The Labute approximate surface area is 160 Å². The van der Waals surface area contributed by atoms with Crippen molar-refractivity contribution in [3.05, 3.63) is 24.3 Å². The fourth-order valence-electron chi connectivity index (χ4n) is 3.76. The first-order chi connectivity index (χ1) is 12.9. The third kappa shape index (κ3) is 4.99. The number of ether oxygens (including phenoxy) is 1. The van der Waals surface area contributed by atoms with E-state index in [9.17, 15) is 9.59 Å². The number of amides is 2. The Morgan fingerprint density at radius 1 is 1.26 bits per heavy atom. The maximum atomic E-state index is 12.3. The Morgan fingerprint density at radius 2 is 1.93 bits per heavy atom. The molecule has 0 radical (unpaired) electrons. The SMILES string of the molecule is CCOc1ccc(NC(=O)CC2N=C(N3CC(C)CC(C)C3)NC2=O)cc1. The zero-order chi connectivity index (χ0) is 19.4. The highest BCUT2D eigenvalue weighted by Gasteiger charge is 2.33. The lowest BCUT2D eigenvalue weighted by molar-refractivity contribution is -0.124. The predicted molar refractivity (Wildman–Crippen MR) is 105 cm³/mol. The first-order valence-corrected chi connectivity index (χ1v) is 9.61. The van der Waals surface area contributed by atoms with Gasteiger partial charge in [-0.15, -0.1) is 0 Å². The summed E-state index contributed by atoms with van der Waals surface area (Å²) in [6.07, 6.45) is 1.22. The van der Waals surface area contributed by atoms with Gasteiger partial charge in [0.25, 0.3) is 5.91 Å². The topological polar surface area (TPSA) is 83.0 Å². The van der Waals surface area contributed by atoms with Crippen molar-refractivity contribution in [1.82, 2.24) is 10.2 Å². The number of rotatable bonds is 5. The van der Waals surface area contributed by atoms with Crippen molar-refractivity contribution in [2.24, 2.45) is 16.8 Å². The van der Waals surface area contributed by atoms with E-state index in [-0.39, 0.29) is 18.2 Å². The van der Waals surface area contributed by atoms with E-state index >= 15 is 0 Å². The molecule has 7 nitrogen and oxygen atoms in total. The number of aliphatic imine (C=N–C) groups is 1. The highest BCUT2D eigenvalue weighted by Crippen LogP contribution is 2.22. The van der Waals surface area contributed by atoms with Crippen LogP contribution >= 0.6 is 0 Å². The van der Waals surface area contributed by atoms with E-state index in [4.69, 9.17) is 4.74 Å². The molecule has 2 aliphatic rings. The summed E-state index contributed by atoms with van der Waals surface area (Å²) >= 11 is 0. The average Bonchev–Trinajstić information content (AvgIpc) is 2.97. The van der Waals surface area contributed by atoms with Crippen LogP contribution in [-0.4, -0.2) is 48.4 Å². The summed E-state index contributed by atoms with van der Waals surface area (Å²) in [5.41, 5.74) is 0.671. The van der Waals surface area contributed by atoms with Crippen LogP contribution in [0.2, 0.25) is 0 Å². The molecule has 2 N–H and O–H groups in total. The molecule has 1 aromatic rings. The van der Waals surface area contributed by atoms with Crippen molar-refractivity contribution in [2.75, 3.05) is 25.0 Å². The summed E-state index contributed by atoms with van der Waals surface area (Å²) in [4.78, 5) is 31.2. The van der Waals surface area contributed by atoms with Gasteiger partial charge in [-0.05, 0) is 49.4 Å². The van der Waals surface area contributed by atoms with Gasteiger partial charge in [0.1, 0.15) is 11.8 Å². The fraction of sp³-hybridized carbons (Fsp3) is 0.550. The smallest absolute Gasteiger partial charge is 0.252 e. The Balaban J connectivity index is 1.57. The van der Waals surface area contributed by atoms with E-state index < -0.39 is 6.04 Å². The number of anilines is 1. The fourth-order valence-corrected chi connectivity index (χ4v) is 3.76. The molecule has 2 heterocycles. The monoisotopic (exact) mass is 372 g/mol. The number of carbonyl (C=O) groups excluding carboxylic acids is 2. The second-order valence-corrected chi connectivity index (χ2v) is 7.52. The molecule has 7 heteroatoms.